The number of aliphatic hydroxyl groups excluding tert-OH is 1. The van der Waals surface area contributed by atoms with E-state index in [1.54, 1.807) is 19.1 Å². The Balaban J connectivity index is 0.000000483. The molecule has 2 aromatic rings. The van der Waals surface area contributed by atoms with Gasteiger partial charge in [0.15, 0.2) is 0 Å². The van der Waals surface area contributed by atoms with Crippen LogP contribution >= 0.6 is 0 Å². The first kappa shape index (κ1) is 22.8. The molecule has 0 spiro atoms. The lowest BCUT2D eigenvalue weighted by molar-refractivity contribution is -0.134. The van der Waals surface area contributed by atoms with Gasteiger partial charge in [-0.3, -0.25) is 4.79 Å². The van der Waals surface area contributed by atoms with Crippen LogP contribution in [0.5, 0.6) is 0 Å². The van der Waals surface area contributed by atoms with Crippen LogP contribution in [0.4, 0.5) is 0 Å². The monoisotopic (exact) mass is 365 g/mol. The topological polar surface area (TPSA) is 180 Å². The van der Waals surface area contributed by atoms with Crippen LogP contribution in [0, 0.1) is 0 Å². The standard InChI is InChI=1S/C11H13N3O.C4H4O4.C2H6O/c12-4-3-8-6-14-10-2-1-7(11(13)15)5-9(8)10;5-3(6)1-2-4(7)8;1-2-3/h1-2,5-6,14H,3-4,12H2,(H2,13,15);1-2H,(H,5,6)(H,7,8);3H,2H2,1H3. The first-order valence-corrected chi connectivity index (χ1v) is 7.61. The summed E-state index contributed by atoms with van der Waals surface area (Å²) in [5, 5.41) is 24.2. The molecule has 9 heteroatoms. The summed E-state index contributed by atoms with van der Waals surface area (Å²) in [6.45, 7) is 2.52. The summed E-state index contributed by atoms with van der Waals surface area (Å²) in [4.78, 5) is 33.3. The number of hydrogen-bond donors (Lipinski definition) is 6. The minimum Gasteiger partial charge on any atom is -0.478 e. The summed E-state index contributed by atoms with van der Waals surface area (Å²) in [5.74, 6) is -2.92. The predicted octanol–water partition coefficient (Wildman–Crippen LogP) is 0.478. The number of aromatic amines is 1. The maximum atomic E-state index is 11.0. The number of aliphatic carboxylic acids is 2. The number of H-pyrrole nitrogens is 1. The summed E-state index contributed by atoms with van der Waals surface area (Å²) in [7, 11) is 0. The second-order valence-corrected chi connectivity index (χ2v) is 4.80. The van der Waals surface area contributed by atoms with Crippen molar-refractivity contribution in [1.29, 1.82) is 0 Å². The van der Waals surface area contributed by atoms with Gasteiger partial charge in [-0.25, -0.2) is 9.59 Å². The largest absolute Gasteiger partial charge is 0.478 e. The van der Waals surface area contributed by atoms with E-state index in [0.29, 0.717) is 24.3 Å². The van der Waals surface area contributed by atoms with Gasteiger partial charge in [-0.1, -0.05) is 0 Å². The number of nitrogens with two attached hydrogens (primary N) is 2. The third-order valence-electron chi connectivity index (χ3n) is 2.83. The fourth-order valence-electron chi connectivity index (χ4n) is 1.84. The van der Waals surface area contributed by atoms with E-state index in [2.05, 4.69) is 4.98 Å². The maximum Gasteiger partial charge on any atom is 0.328 e. The third-order valence-corrected chi connectivity index (χ3v) is 2.83. The Morgan fingerprint density at radius 1 is 1.15 bits per heavy atom. The van der Waals surface area contributed by atoms with Crippen LogP contribution in [0.2, 0.25) is 0 Å². The first-order chi connectivity index (χ1) is 12.3. The summed E-state index contributed by atoms with van der Waals surface area (Å²) in [6, 6.07) is 5.38. The number of carbonyl (C=O) groups excluding carboxylic acids is 1. The number of hydrogen-bond acceptors (Lipinski definition) is 5. The quantitative estimate of drug-likeness (QED) is 0.417. The number of fused-ring (bicyclic) bond motifs is 1. The van der Waals surface area contributed by atoms with Crippen LogP contribution in [-0.2, 0) is 16.0 Å². The maximum absolute atomic E-state index is 11.0. The van der Waals surface area contributed by atoms with E-state index in [4.69, 9.17) is 26.8 Å². The highest BCUT2D eigenvalue weighted by Crippen LogP contribution is 2.19. The lowest BCUT2D eigenvalue weighted by atomic mass is 10.1. The number of nitrogens with one attached hydrogen (secondary N) is 1. The van der Waals surface area contributed by atoms with Crippen molar-refractivity contribution < 1.29 is 29.7 Å². The number of carboxylic acid groups (broad SMARTS) is 2. The summed E-state index contributed by atoms with van der Waals surface area (Å²) >= 11 is 0. The van der Waals surface area contributed by atoms with E-state index in [0.717, 1.165) is 22.9 Å². The molecule has 1 amide bonds. The highest BCUT2D eigenvalue weighted by molar-refractivity contribution is 5.97. The summed E-state index contributed by atoms with van der Waals surface area (Å²) < 4.78 is 0. The molecule has 2 rings (SSSR count). The van der Waals surface area contributed by atoms with Gasteiger partial charge in [0.05, 0.1) is 0 Å². The van der Waals surface area contributed by atoms with Crippen LogP contribution in [0.25, 0.3) is 10.9 Å². The van der Waals surface area contributed by atoms with Crippen molar-refractivity contribution in [2.75, 3.05) is 13.2 Å². The molecule has 0 atom stereocenters. The van der Waals surface area contributed by atoms with Gasteiger partial charge >= 0.3 is 11.9 Å². The molecular formula is C17H23N3O6. The highest BCUT2D eigenvalue weighted by atomic mass is 16.4. The fourth-order valence-corrected chi connectivity index (χ4v) is 1.84. The zero-order chi connectivity index (χ0) is 20.1. The average Bonchev–Trinajstić information content (AvgIpc) is 2.97. The van der Waals surface area contributed by atoms with E-state index >= 15 is 0 Å². The smallest absolute Gasteiger partial charge is 0.328 e. The SMILES string of the molecule is CCO.NCCc1c[nH]c2ccc(C(N)=O)cc12.O=C(O)C=CC(=O)O. The molecule has 1 aromatic carbocycles. The van der Waals surface area contributed by atoms with Gasteiger partial charge < -0.3 is 31.8 Å². The van der Waals surface area contributed by atoms with Gasteiger partial charge in [-0.2, -0.15) is 0 Å². The Morgan fingerprint density at radius 3 is 2.12 bits per heavy atom. The molecule has 0 aliphatic rings. The van der Waals surface area contributed by atoms with Crippen molar-refractivity contribution in [1.82, 2.24) is 4.98 Å². The Kier molecular flexibility index (Phi) is 10.7. The molecule has 0 aliphatic heterocycles. The number of benzene rings is 1. The van der Waals surface area contributed by atoms with Gasteiger partial charge in [-0.15, -0.1) is 0 Å². The third kappa shape index (κ3) is 8.62. The number of carboxylic acids is 2. The minimum atomic E-state index is -1.26. The van der Waals surface area contributed by atoms with Crippen LogP contribution in [0.15, 0.2) is 36.5 Å². The van der Waals surface area contributed by atoms with E-state index in [1.165, 1.54) is 0 Å². The first-order valence-electron chi connectivity index (χ1n) is 7.61. The van der Waals surface area contributed by atoms with Crippen LogP contribution < -0.4 is 11.5 Å². The zero-order valence-electron chi connectivity index (χ0n) is 14.3. The molecule has 1 aromatic heterocycles. The normalized spacial score (nSPS) is 9.81. The van der Waals surface area contributed by atoms with Crippen LogP contribution in [-0.4, -0.2) is 51.3 Å². The lowest BCUT2D eigenvalue weighted by Gasteiger charge is -1.98. The second-order valence-electron chi connectivity index (χ2n) is 4.80. The Labute approximate surface area is 149 Å². The molecule has 9 nitrogen and oxygen atoms in total. The number of carbonyl (C=O) groups is 3. The average molecular weight is 365 g/mol. The molecule has 0 bridgehead atoms. The fraction of sp³-hybridized carbons (Fsp3) is 0.235. The van der Waals surface area contributed by atoms with E-state index in [9.17, 15) is 14.4 Å². The number of rotatable bonds is 5. The molecular weight excluding hydrogens is 342 g/mol. The van der Waals surface area contributed by atoms with Crippen molar-refractivity contribution in [2.24, 2.45) is 11.5 Å². The van der Waals surface area contributed by atoms with Crippen molar-refractivity contribution in [3.05, 3.63) is 47.7 Å². The van der Waals surface area contributed by atoms with Gasteiger partial charge in [0.1, 0.15) is 0 Å². The van der Waals surface area contributed by atoms with Gasteiger partial charge in [0, 0.05) is 41.4 Å². The minimum absolute atomic E-state index is 0.250. The van der Waals surface area contributed by atoms with Crippen molar-refractivity contribution in [2.45, 2.75) is 13.3 Å². The molecule has 1 heterocycles. The Morgan fingerprint density at radius 2 is 1.69 bits per heavy atom. The summed E-state index contributed by atoms with van der Waals surface area (Å²) in [6.07, 6.45) is 3.83. The van der Waals surface area contributed by atoms with Gasteiger partial charge in [0.2, 0.25) is 5.91 Å². The molecule has 142 valence electrons. The number of aromatic nitrogens is 1. The van der Waals surface area contributed by atoms with Crippen molar-refractivity contribution in [3.8, 4) is 0 Å². The van der Waals surface area contributed by atoms with Crippen molar-refractivity contribution in [3.63, 3.8) is 0 Å². The molecule has 0 fully saturated rings. The second kappa shape index (κ2) is 12.2. The van der Waals surface area contributed by atoms with Gasteiger partial charge in [-0.05, 0) is 43.7 Å². The number of primary amides is 1. The van der Waals surface area contributed by atoms with E-state index in [1.807, 2.05) is 12.3 Å². The van der Waals surface area contributed by atoms with Crippen LogP contribution in [0.3, 0.4) is 0 Å². The molecule has 0 aliphatic carbocycles. The highest BCUT2D eigenvalue weighted by Gasteiger charge is 2.06. The zero-order valence-corrected chi connectivity index (χ0v) is 14.3. The number of amides is 1. The molecule has 0 radical (unpaired) electrons. The van der Waals surface area contributed by atoms with Crippen LogP contribution in [0.1, 0.15) is 22.8 Å². The van der Waals surface area contributed by atoms with Gasteiger partial charge in [0.25, 0.3) is 0 Å². The molecule has 8 N–H and O–H groups in total. The Bertz CT molecular complexity index is 751. The van der Waals surface area contributed by atoms with E-state index in [-0.39, 0.29) is 6.61 Å². The molecule has 0 unspecified atom stereocenters. The predicted molar refractivity (Wildman–Crippen MR) is 96.7 cm³/mol. The van der Waals surface area contributed by atoms with Crippen molar-refractivity contribution >= 4 is 28.7 Å². The molecule has 0 saturated carbocycles. The van der Waals surface area contributed by atoms with E-state index < -0.39 is 17.8 Å². The lowest BCUT2D eigenvalue weighted by Crippen LogP contribution is -2.10. The molecule has 0 saturated heterocycles. The molecule has 26 heavy (non-hydrogen) atoms. The summed E-state index contributed by atoms with van der Waals surface area (Å²) in [5.41, 5.74) is 13.4. The Hall–Kier alpha value is -3.17. The number of aliphatic hydroxyl groups is 1.